The van der Waals surface area contributed by atoms with Gasteiger partial charge in [-0.15, -0.1) is 0 Å². The van der Waals surface area contributed by atoms with Gasteiger partial charge in [0.1, 0.15) is 5.82 Å². The molecule has 5 N–H and O–H groups in total. The maximum atomic E-state index is 14.5. The highest BCUT2D eigenvalue weighted by atomic mass is 19.1. The molecular formula is C18H28FN3O2. The topological polar surface area (TPSA) is 87.4 Å². The molecule has 1 unspecified atom stereocenters. The number of hydrogen-bond donors (Lipinski definition) is 4. The second-order valence-corrected chi connectivity index (χ2v) is 6.57. The first kappa shape index (κ1) is 18.8. The van der Waals surface area contributed by atoms with Crippen LogP contribution in [0.15, 0.2) is 18.2 Å². The second-order valence-electron chi connectivity index (χ2n) is 6.57. The van der Waals surface area contributed by atoms with Crippen molar-refractivity contribution in [1.29, 1.82) is 0 Å². The number of aliphatic hydroxyl groups is 1. The first-order valence-electron chi connectivity index (χ1n) is 8.64. The molecule has 2 rings (SSSR count). The van der Waals surface area contributed by atoms with E-state index in [4.69, 9.17) is 5.73 Å². The lowest BCUT2D eigenvalue weighted by molar-refractivity contribution is -0.119. The van der Waals surface area contributed by atoms with Crippen molar-refractivity contribution in [3.8, 4) is 0 Å². The average Bonchev–Trinajstić information content (AvgIpc) is 2.59. The predicted octanol–water partition coefficient (Wildman–Crippen LogP) is 1.39. The molecule has 0 bridgehead atoms. The summed E-state index contributed by atoms with van der Waals surface area (Å²) in [6.45, 7) is 3.81. The minimum absolute atomic E-state index is 0.0638. The van der Waals surface area contributed by atoms with Crippen molar-refractivity contribution in [3.63, 3.8) is 0 Å². The Kier molecular flexibility index (Phi) is 6.71. The summed E-state index contributed by atoms with van der Waals surface area (Å²) >= 11 is 0. The van der Waals surface area contributed by atoms with Crippen LogP contribution in [0.3, 0.4) is 0 Å². The zero-order chi connectivity index (χ0) is 17.6. The number of carbonyl (C=O) groups is 1. The van der Waals surface area contributed by atoms with Gasteiger partial charge in [-0.2, -0.15) is 0 Å². The summed E-state index contributed by atoms with van der Waals surface area (Å²) in [5, 5.41) is 17.5. The van der Waals surface area contributed by atoms with E-state index in [1.54, 1.807) is 12.1 Å². The van der Waals surface area contributed by atoms with Gasteiger partial charge in [0.25, 0.3) is 0 Å². The molecule has 1 saturated heterocycles. The molecule has 6 heteroatoms. The summed E-state index contributed by atoms with van der Waals surface area (Å²) in [5.74, 6) is -0.569. The number of rotatable bonds is 7. The molecule has 1 aromatic carbocycles. The Bertz CT molecular complexity index is 561. The summed E-state index contributed by atoms with van der Waals surface area (Å²) < 4.78 is 14.5. The standard InChI is InChI=1S/C18H28FN3O2/c1-13(23)22-9-3-7-18(24,15-4-2-8-21-12-15)16-10-14(11-20)5-6-17(16)19/h5-6,10,15,21,24H,2-4,7-9,11-12,20H2,1H3,(H,22,23)/t15-,18?/m1/s1. The fourth-order valence-electron chi connectivity index (χ4n) is 3.47. The third kappa shape index (κ3) is 4.53. The summed E-state index contributed by atoms with van der Waals surface area (Å²) in [6.07, 6.45) is 2.77. The molecule has 2 atom stereocenters. The van der Waals surface area contributed by atoms with Gasteiger partial charge in [-0.25, -0.2) is 4.39 Å². The van der Waals surface area contributed by atoms with E-state index >= 15 is 0 Å². The van der Waals surface area contributed by atoms with Crippen LogP contribution in [0.25, 0.3) is 0 Å². The molecule has 1 aromatic rings. The van der Waals surface area contributed by atoms with Crippen molar-refractivity contribution >= 4 is 5.91 Å². The third-order valence-electron chi connectivity index (χ3n) is 4.81. The van der Waals surface area contributed by atoms with Crippen LogP contribution in [0.1, 0.15) is 43.7 Å². The molecule has 24 heavy (non-hydrogen) atoms. The van der Waals surface area contributed by atoms with Gasteiger partial charge in [-0.05, 0) is 49.9 Å². The zero-order valence-electron chi connectivity index (χ0n) is 14.3. The van der Waals surface area contributed by atoms with Gasteiger partial charge in [-0.3, -0.25) is 4.79 Å². The van der Waals surface area contributed by atoms with E-state index in [9.17, 15) is 14.3 Å². The fraction of sp³-hybridized carbons (Fsp3) is 0.611. The molecule has 134 valence electrons. The Balaban J connectivity index is 2.25. The highest BCUT2D eigenvalue weighted by Crippen LogP contribution is 2.39. The number of nitrogens with one attached hydrogen (secondary N) is 2. The maximum absolute atomic E-state index is 14.5. The molecule has 0 aromatic heterocycles. The lowest BCUT2D eigenvalue weighted by Gasteiger charge is -2.39. The van der Waals surface area contributed by atoms with Crippen molar-refractivity contribution in [1.82, 2.24) is 10.6 Å². The molecule has 1 aliphatic rings. The van der Waals surface area contributed by atoms with Crippen LogP contribution in [0.4, 0.5) is 4.39 Å². The Hall–Kier alpha value is -1.50. The second kappa shape index (κ2) is 8.55. The highest BCUT2D eigenvalue weighted by Gasteiger charge is 2.40. The lowest BCUT2D eigenvalue weighted by Crippen LogP contribution is -2.45. The molecular weight excluding hydrogens is 309 g/mol. The molecule has 1 aliphatic heterocycles. The van der Waals surface area contributed by atoms with E-state index in [-0.39, 0.29) is 11.8 Å². The molecule has 0 radical (unpaired) electrons. The van der Waals surface area contributed by atoms with Gasteiger partial charge < -0.3 is 21.5 Å². The average molecular weight is 337 g/mol. The number of benzene rings is 1. The van der Waals surface area contributed by atoms with Crippen LogP contribution >= 0.6 is 0 Å². The number of nitrogens with two attached hydrogens (primary N) is 1. The first-order chi connectivity index (χ1) is 11.5. The molecule has 0 spiro atoms. The molecule has 1 fully saturated rings. The highest BCUT2D eigenvalue weighted by molar-refractivity contribution is 5.72. The largest absolute Gasteiger partial charge is 0.385 e. The van der Waals surface area contributed by atoms with Gasteiger partial charge in [0.05, 0.1) is 5.60 Å². The van der Waals surface area contributed by atoms with Gasteiger partial charge in [0.15, 0.2) is 0 Å². The number of piperidine rings is 1. The van der Waals surface area contributed by atoms with Crippen LogP contribution in [0, 0.1) is 11.7 Å². The van der Waals surface area contributed by atoms with Gasteiger partial charge in [-0.1, -0.05) is 6.07 Å². The molecule has 0 saturated carbocycles. The summed E-state index contributed by atoms with van der Waals surface area (Å²) in [6, 6.07) is 4.71. The number of carbonyl (C=O) groups excluding carboxylic acids is 1. The molecule has 0 aliphatic carbocycles. The summed E-state index contributed by atoms with van der Waals surface area (Å²) in [5.41, 5.74) is 5.54. The maximum Gasteiger partial charge on any atom is 0.216 e. The normalized spacial score (nSPS) is 20.4. The Morgan fingerprint density at radius 3 is 2.96 bits per heavy atom. The van der Waals surface area contributed by atoms with Crippen molar-refractivity contribution in [2.45, 2.75) is 44.8 Å². The minimum atomic E-state index is -1.26. The van der Waals surface area contributed by atoms with E-state index < -0.39 is 11.4 Å². The van der Waals surface area contributed by atoms with Crippen LogP contribution in [0.5, 0.6) is 0 Å². The van der Waals surface area contributed by atoms with Crippen molar-refractivity contribution < 1.29 is 14.3 Å². The van der Waals surface area contributed by atoms with E-state index in [0.717, 1.165) is 24.9 Å². The molecule has 1 amide bonds. The van der Waals surface area contributed by atoms with E-state index in [1.165, 1.54) is 13.0 Å². The molecule has 5 nitrogen and oxygen atoms in total. The van der Waals surface area contributed by atoms with E-state index in [1.807, 2.05) is 0 Å². The fourth-order valence-corrected chi connectivity index (χ4v) is 3.47. The number of halogens is 1. The van der Waals surface area contributed by atoms with Crippen LogP contribution < -0.4 is 16.4 Å². The quantitative estimate of drug-likeness (QED) is 0.566. The number of hydrogen-bond acceptors (Lipinski definition) is 4. The molecule has 1 heterocycles. The smallest absolute Gasteiger partial charge is 0.216 e. The number of amides is 1. The van der Waals surface area contributed by atoms with Crippen LogP contribution in [0.2, 0.25) is 0 Å². The van der Waals surface area contributed by atoms with Crippen LogP contribution in [-0.4, -0.2) is 30.6 Å². The predicted molar refractivity (Wildman–Crippen MR) is 91.7 cm³/mol. The van der Waals surface area contributed by atoms with Crippen molar-refractivity contribution in [3.05, 3.63) is 35.1 Å². The third-order valence-corrected chi connectivity index (χ3v) is 4.81. The lowest BCUT2D eigenvalue weighted by atomic mass is 9.74. The van der Waals surface area contributed by atoms with Crippen LogP contribution in [-0.2, 0) is 16.9 Å². The SMILES string of the molecule is CC(=O)NCCCC(O)(c1cc(CN)ccc1F)[C@@H]1CCCNC1. The van der Waals surface area contributed by atoms with Crippen molar-refractivity contribution in [2.75, 3.05) is 19.6 Å². The Morgan fingerprint density at radius 2 is 2.33 bits per heavy atom. The summed E-state index contributed by atoms with van der Waals surface area (Å²) in [7, 11) is 0. The van der Waals surface area contributed by atoms with E-state index in [2.05, 4.69) is 10.6 Å². The van der Waals surface area contributed by atoms with Gasteiger partial charge >= 0.3 is 0 Å². The zero-order valence-corrected chi connectivity index (χ0v) is 14.3. The summed E-state index contributed by atoms with van der Waals surface area (Å²) in [4.78, 5) is 11.0. The van der Waals surface area contributed by atoms with E-state index in [0.29, 0.717) is 38.0 Å². The minimum Gasteiger partial charge on any atom is -0.385 e. The van der Waals surface area contributed by atoms with Gasteiger partial charge in [0, 0.05) is 38.0 Å². The monoisotopic (exact) mass is 337 g/mol. The van der Waals surface area contributed by atoms with Crippen molar-refractivity contribution in [2.24, 2.45) is 11.7 Å². The first-order valence-corrected chi connectivity index (χ1v) is 8.64. The Morgan fingerprint density at radius 1 is 1.54 bits per heavy atom. The van der Waals surface area contributed by atoms with Gasteiger partial charge in [0.2, 0.25) is 5.91 Å². The Labute approximate surface area is 142 Å².